The summed E-state index contributed by atoms with van der Waals surface area (Å²) in [6.45, 7) is -2.92. The minimum Gasteiger partial charge on any atom is -0.398 e. The summed E-state index contributed by atoms with van der Waals surface area (Å²) in [6, 6.07) is 1.73. The van der Waals surface area contributed by atoms with E-state index in [1.807, 2.05) is 0 Å². The van der Waals surface area contributed by atoms with Crippen molar-refractivity contribution in [3.63, 3.8) is 0 Å². The van der Waals surface area contributed by atoms with Crippen molar-refractivity contribution in [2.45, 2.75) is 32.1 Å². The first-order chi connectivity index (χ1) is 12.0. The Hall–Kier alpha value is -2.50. The Labute approximate surface area is 127 Å². The molecule has 1 aliphatic rings. The number of anilines is 1. The molecule has 1 aliphatic carbocycles. The molecule has 0 spiro atoms. The lowest BCUT2D eigenvalue weighted by Gasteiger charge is -2.24. The number of nitrogen functional groups attached to an aromatic ring is 1. The second-order valence-electron chi connectivity index (χ2n) is 4.75. The van der Waals surface area contributed by atoms with Crippen LogP contribution in [0.3, 0.4) is 0 Å². The van der Waals surface area contributed by atoms with Gasteiger partial charge < -0.3 is 5.73 Å². The van der Waals surface area contributed by atoms with Crippen LogP contribution in [0.2, 0.25) is 0 Å². The van der Waals surface area contributed by atoms with E-state index in [1.54, 1.807) is 0 Å². The topological polar surface area (TPSA) is 95.1 Å². The maximum Gasteiger partial charge on any atom is 0.264 e. The lowest BCUT2D eigenvalue weighted by Crippen LogP contribution is -2.36. The Morgan fingerprint density at radius 1 is 1.48 bits per heavy atom. The van der Waals surface area contributed by atoms with Gasteiger partial charge in [0, 0.05) is 17.6 Å². The smallest absolute Gasteiger partial charge is 0.264 e. The highest BCUT2D eigenvalue weighted by atomic mass is 16.2. The normalized spacial score (nSPS) is 30.3. The van der Waals surface area contributed by atoms with Gasteiger partial charge in [0.15, 0.2) is 5.78 Å². The van der Waals surface area contributed by atoms with Gasteiger partial charge in [-0.05, 0) is 25.4 Å². The highest BCUT2D eigenvalue weighted by Crippen LogP contribution is 2.24. The molecule has 108 valence electrons. The van der Waals surface area contributed by atoms with E-state index in [2.05, 4.69) is 4.98 Å². The first-order valence-corrected chi connectivity index (χ1v) is 6.27. The van der Waals surface area contributed by atoms with Crippen LogP contribution in [0.1, 0.15) is 37.9 Å². The number of benzene rings is 1. The average molecular weight is 290 g/mol. The summed E-state index contributed by atoms with van der Waals surface area (Å²) in [5.74, 6) is -2.33. The predicted octanol–water partition coefficient (Wildman–Crippen LogP) is 1.15. The third-order valence-electron chi connectivity index (χ3n) is 3.34. The number of aryl methyl sites for hydroxylation is 1. The fourth-order valence-electron chi connectivity index (χ4n) is 2.36. The van der Waals surface area contributed by atoms with Crippen molar-refractivity contribution in [1.82, 2.24) is 9.55 Å². The van der Waals surface area contributed by atoms with Gasteiger partial charge in [-0.1, -0.05) is 6.07 Å². The van der Waals surface area contributed by atoms with Crippen molar-refractivity contribution < 1.29 is 16.4 Å². The molecule has 0 bridgehead atoms. The zero-order valence-electron chi connectivity index (χ0n) is 15.9. The lowest BCUT2D eigenvalue weighted by molar-refractivity contribution is -0.132. The quantitative estimate of drug-likeness (QED) is 0.628. The highest BCUT2D eigenvalue weighted by molar-refractivity contribution is 6.03. The molecule has 0 saturated heterocycles. The summed E-state index contributed by atoms with van der Waals surface area (Å²) >= 11 is 0. The predicted molar refractivity (Wildman–Crippen MR) is 78.1 cm³/mol. The summed E-state index contributed by atoms with van der Waals surface area (Å²) in [4.78, 5) is 41.0. The van der Waals surface area contributed by atoms with Crippen molar-refractivity contribution in [1.29, 1.82) is 0 Å². The standard InChI is InChI=1S/C15H15N3O3/c1-8-17-11-4-2-3-10(16)14(11)15(21)18(8)12-6-5-9(19)7-13(12)20/h2-4,12H,5-7,16H2,1H3/i1D3,6D,12D. The second kappa shape index (κ2) is 4.80. The molecule has 3 rings (SSSR count). The van der Waals surface area contributed by atoms with E-state index in [0.29, 0.717) is 4.57 Å². The fourth-order valence-corrected chi connectivity index (χ4v) is 2.36. The molecule has 2 aromatic rings. The van der Waals surface area contributed by atoms with Gasteiger partial charge in [0.05, 0.1) is 24.7 Å². The van der Waals surface area contributed by atoms with Crippen LogP contribution < -0.4 is 11.3 Å². The van der Waals surface area contributed by atoms with E-state index in [1.165, 1.54) is 18.2 Å². The van der Waals surface area contributed by atoms with Crippen LogP contribution in [-0.2, 0) is 9.59 Å². The van der Waals surface area contributed by atoms with Crippen LogP contribution in [0.5, 0.6) is 0 Å². The zero-order chi connectivity index (χ0) is 19.4. The number of hydrogen-bond donors (Lipinski definition) is 1. The van der Waals surface area contributed by atoms with Crippen molar-refractivity contribution in [3.8, 4) is 0 Å². The molecule has 6 heteroatoms. The Bertz CT molecular complexity index is 1000. The number of carbonyl (C=O) groups is 2. The zero-order valence-corrected chi connectivity index (χ0v) is 10.9. The maximum absolute atomic E-state index is 13.0. The molecule has 21 heavy (non-hydrogen) atoms. The summed E-state index contributed by atoms with van der Waals surface area (Å²) in [5, 5.41) is -0.135. The first-order valence-electron chi connectivity index (χ1n) is 8.85. The number of nitrogens with zero attached hydrogens (tertiary/aromatic N) is 2. The SMILES string of the molecule is [2H]C1CC(=O)CC(=O)C1([2H])n1c(C([2H])([2H])[2H])nc2cccc(N)c2c1=O. The van der Waals surface area contributed by atoms with Crippen LogP contribution in [0.25, 0.3) is 10.9 Å². The summed E-state index contributed by atoms with van der Waals surface area (Å²) in [7, 11) is 0. The number of hydrogen-bond acceptors (Lipinski definition) is 5. The molecule has 6 nitrogen and oxygen atoms in total. The molecule has 0 amide bonds. The third-order valence-corrected chi connectivity index (χ3v) is 3.34. The van der Waals surface area contributed by atoms with Gasteiger partial charge in [0.25, 0.3) is 5.56 Å². The maximum atomic E-state index is 13.0. The molecular formula is C15H15N3O3. The lowest BCUT2D eigenvalue weighted by atomic mass is 9.92. The Morgan fingerprint density at radius 3 is 3.00 bits per heavy atom. The Morgan fingerprint density at radius 2 is 2.29 bits per heavy atom. The van der Waals surface area contributed by atoms with Crippen molar-refractivity contribution in [2.75, 3.05) is 5.73 Å². The monoisotopic (exact) mass is 290 g/mol. The minimum absolute atomic E-state index is 0.00954. The van der Waals surface area contributed by atoms with E-state index in [4.69, 9.17) is 12.6 Å². The van der Waals surface area contributed by atoms with Crippen molar-refractivity contribution >= 4 is 28.2 Å². The number of carbonyl (C=O) groups excluding carboxylic acids is 2. The van der Waals surface area contributed by atoms with E-state index in [9.17, 15) is 14.4 Å². The molecule has 2 N–H and O–H groups in total. The second-order valence-corrected chi connectivity index (χ2v) is 4.75. The first kappa shape index (κ1) is 8.71. The van der Waals surface area contributed by atoms with Gasteiger partial charge in [-0.2, -0.15) is 0 Å². The van der Waals surface area contributed by atoms with Crippen molar-refractivity contribution in [3.05, 3.63) is 34.4 Å². The molecule has 1 heterocycles. The van der Waals surface area contributed by atoms with Gasteiger partial charge in [0.2, 0.25) is 0 Å². The Balaban J connectivity index is 2.46. The molecule has 0 radical (unpaired) electrons. The van der Waals surface area contributed by atoms with E-state index < -0.39 is 55.1 Å². The number of rotatable bonds is 1. The number of ketones is 2. The fraction of sp³-hybridized carbons (Fsp3) is 0.333. The third kappa shape index (κ3) is 2.12. The number of fused-ring (bicyclic) bond motifs is 1. The molecule has 1 aromatic carbocycles. The molecule has 1 aromatic heterocycles. The number of nitrogens with two attached hydrogens (primary N) is 1. The molecule has 2 atom stereocenters. The minimum atomic E-state index is -2.92. The number of Topliss-reactive ketones (excluding diaryl/α,β-unsaturated/α-hetero) is 2. The van der Waals surface area contributed by atoms with Crippen LogP contribution in [-0.4, -0.2) is 21.1 Å². The summed E-state index contributed by atoms with van der Waals surface area (Å²) in [5.41, 5.74) is 4.84. The van der Waals surface area contributed by atoms with Crippen LogP contribution >= 0.6 is 0 Å². The van der Waals surface area contributed by atoms with E-state index in [0.717, 1.165) is 0 Å². The number of aromatic nitrogens is 2. The molecule has 1 fully saturated rings. The highest BCUT2D eigenvalue weighted by Gasteiger charge is 2.30. The molecule has 0 aliphatic heterocycles. The van der Waals surface area contributed by atoms with Gasteiger partial charge in [0.1, 0.15) is 11.6 Å². The van der Waals surface area contributed by atoms with Gasteiger partial charge >= 0.3 is 0 Å². The summed E-state index contributed by atoms with van der Waals surface area (Å²) < 4.78 is 40.0. The van der Waals surface area contributed by atoms with Crippen LogP contribution in [0.15, 0.2) is 23.0 Å². The molecular weight excluding hydrogens is 270 g/mol. The van der Waals surface area contributed by atoms with Gasteiger partial charge in [-0.3, -0.25) is 19.0 Å². The molecule has 2 unspecified atom stereocenters. The summed E-state index contributed by atoms with van der Waals surface area (Å²) in [6.07, 6.45) is -2.72. The molecule has 1 saturated carbocycles. The largest absolute Gasteiger partial charge is 0.398 e. The van der Waals surface area contributed by atoms with Gasteiger partial charge in [-0.25, -0.2) is 4.98 Å². The van der Waals surface area contributed by atoms with Gasteiger partial charge in [-0.15, -0.1) is 0 Å². The average Bonchev–Trinajstić information content (AvgIpc) is 2.51. The van der Waals surface area contributed by atoms with Crippen molar-refractivity contribution in [2.24, 2.45) is 0 Å². The Kier molecular flexibility index (Phi) is 1.99. The van der Waals surface area contributed by atoms with Crippen LogP contribution in [0.4, 0.5) is 5.69 Å². The van der Waals surface area contributed by atoms with E-state index in [-0.39, 0.29) is 16.6 Å². The van der Waals surface area contributed by atoms with E-state index >= 15 is 0 Å². The van der Waals surface area contributed by atoms with Crippen LogP contribution in [0, 0.1) is 6.85 Å².